The van der Waals surface area contributed by atoms with Crippen LogP contribution in [0.1, 0.15) is 21.7 Å². The lowest BCUT2D eigenvalue weighted by atomic mass is 10.1. The van der Waals surface area contributed by atoms with Crippen LogP contribution in [-0.4, -0.2) is 10.1 Å². The van der Waals surface area contributed by atoms with Gasteiger partial charge in [-0.1, -0.05) is 0 Å². The Morgan fingerprint density at radius 3 is 2.71 bits per heavy atom. The summed E-state index contributed by atoms with van der Waals surface area (Å²) in [5.74, 6) is 0. The standard InChI is InChI=1S/C11H13NOS/c1-6-4-9-7(2)10(5-13)8(3)12-11(9)14-6/h4,13H,5H2,1-3H3. The summed E-state index contributed by atoms with van der Waals surface area (Å²) in [6.07, 6.45) is 0. The molecule has 0 spiro atoms. The highest BCUT2D eigenvalue weighted by molar-refractivity contribution is 7.18. The van der Waals surface area contributed by atoms with E-state index >= 15 is 0 Å². The largest absolute Gasteiger partial charge is 0.392 e. The number of nitrogens with zero attached hydrogens (tertiary/aromatic N) is 1. The molecular formula is C11H13NOS. The van der Waals surface area contributed by atoms with Gasteiger partial charge >= 0.3 is 0 Å². The maximum Gasteiger partial charge on any atom is 0.124 e. The van der Waals surface area contributed by atoms with Gasteiger partial charge in [-0.15, -0.1) is 11.3 Å². The average Bonchev–Trinajstić information content (AvgIpc) is 2.47. The maximum absolute atomic E-state index is 9.23. The molecule has 0 bridgehead atoms. The predicted molar refractivity (Wildman–Crippen MR) is 59.8 cm³/mol. The summed E-state index contributed by atoms with van der Waals surface area (Å²) in [4.78, 5) is 6.83. The van der Waals surface area contributed by atoms with E-state index in [1.165, 1.54) is 15.8 Å². The van der Waals surface area contributed by atoms with Gasteiger partial charge in [0.1, 0.15) is 4.83 Å². The fraction of sp³-hybridized carbons (Fsp3) is 0.364. The lowest BCUT2D eigenvalue weighted by molar-refractivity contribution is 0.280. The van der Waals surface area contributed by atoms with Crippen molar-refractivity contribution in [2.24, 2.45) is 0 Å². The zero-order chi connectivity index (χ0) is 10.3. The highest BCUT2D eigenvalue weighted by Crippen LogP contribution is 2.29. The number of aryl methyl sites for hydroxylation is 3. The zero-order valence-corrected chi connectivity index (χ0v) is 9.40. The molecule has 0 unspecified atom stereocenters. The van der Waals surface area contributed by atoms with Crippen molar-refractivity contribution in [3.8, 4) is 0 Å². The first-order valence-corrected chi connectivity index (χ1v) is 5.42. The molecule has 2 rings (SSSR count). The Morgan fingerprint density at radius 1 is 1.36 bits per heavy atom. The SMILES string of the molecule is Cc1cc2c(C)c(CO)c(C)nc2s1. The maximum atomic E-state index is 9.23. The fourth-order valence-corrected chi connectivity index (χ4v) is 2.73. The number of rotatable bonds is 1. The Labute approximate surface area is 87.2 Å². The highest BCUT2D eigenvalue weighted by atomic mass is 32.1. The van der Waals surface area contributed by atoms with Gasteiger partial charge in [0.25, 0.3) is 0 Å². The van der Waals surface area contributed by atoms with Gasteiger partial charge in [-0.3, -0.25) is 0 Å². The molecule has 0 atom stereocenters. The molecule has 0 saturated heterocycles. The normalized spacial score (nSPS) is 11.1. The lowest BCUT2D eigenvalue weighted by Crippen LogP contribution is -1.96. The number of hydrogen-bond acceptors (Lipinski definition) is 3. The van der Waals surface area contributed by atoms with Crippen LogP contribution in [0.15, 0.2) is 6.07 Å². The molecule has 74 valence electrons. The van der Waals surface area contributed by atoms with Crippen molar-refractivity contribution in [3.63, 3.8) is 0 Å². The van der Waals surface area contributed by atoms with Crippen LogP contribution < -0.4 is 0 Å². The molecule has 2 heterocycles. The summed E-state index contributed by atoms with van der Waals surface area (Å²) in [6, 6.07) is 2.14. The summed E-state index contributed by atoms with van der Waals surface area (Å²) in [7, 11) is 0. The van der Waals surface area contributed by atoms with Gasteiger partial charge < -0.3 is 5.11 Å². The molecule has 2 aromatic rings. The van der Waals surface area contributed by atoms with Crippen LogP contribution in [-0.2, 0) is 6.61 Å². The van der Waals surface area contributed by atoms with Crippen molar-refractivity contribution in [2.75, 3.05) is 0 Å². The first-order valence-electron chi connectivity index (χ1n) is 4.60. The summed E-state index contributed by atoms with van der Waals surface area (Å²) in [5, 5.41) is 10.4. The minimum Gasteiger partial charge on any atom is -0.392 e. The van der Waals surface area contributed by atoms with Crippen molar-refractivity contribution in [1.29, 1.82) is 0 Å². The summed E-state index contributed by atoms with van der Waals surface area (Å²) in [6.45, 7) is 6.16. The van der Waals surface area contributed by atoms with Crippen LogP contribution in [0, 0.1) is 20.8 Å². The Kier molecular flexibility index (Phi) is 2.29. The van der Waals surface area contributed by atoms with E-state index < -0.39 is 0 Å². The Morgan fingerprint density at radius 2 is 2.07 bits per heavy atom. The average molecular weight is 207 g/mol. The van der Waals surface area contributed by atoms with Crippen molar-refractivity contribution >= 4 is 21.6 Å². The Balaban J connectivity index is 2.84. The van der Waals surface area contributed by atoms with E-state index in [4.69, 9.17) is 0 Å². The number of aliphatic hydroxyl groups excluding tert-OH is 1. The second kappa shape index (κ2) is 3.33. The minimum atomic E-state index is 0.0789. The molecule has 0 amide bonds. The van der Waals surface area contributed by atoms with Crippen LogP contribution in [0.5, 0.6) is 0 Å². The van der Waals surface area contributed by atoms with E-state index in [0.717, 1.165) is 16.1 Å². The molecule has 0 aliphatic carbocycles. The van der Waals surface area contributed by atoms with Gasteiger partial charge in [-0.05, 0) is 32.4 Å². The second-order valence-corrected chi connectivity index (χ2v) is 4.77. The van der Waals surface area contributed by atoms with Crippen molar-refractivity contribution < 1.29 is 5.11 Å². The van der Waals surface area contributed by atoms with Gasteiger partial charge in [0, 0.05) is 21.5 Å². The molecule has 0 aromatic carbocycles. The highest BCUT2D eigenvalue weighted by Gasteiger charge is 2.09. The van der Waals surface area contributed by atoms with E-state index in [2.05, 4.69) is 24.9 Å². The summed E-state index contributed by atoms with van der Waals surface area (Å²) < 4.78 is 0. The first-order chi connectivity index (χ1) is 6.63. The first kappa shape index (κ1) is 9.62. The quantitative estimate of drug-likeness (QED) is 0.780. The molecule has 3 heteroatoms. The predicted octanol–water partition coefficient (Wildman–Crippen LogP) is 2.71. The fourth-order valence-electron chi connectivity index (χ4n) is 1.74. The van der Waals surface area contributed by atoms with E-state index in [-0.39, 0.29) is 6.61 Å². The topological polar surface area (TPSA) is 33.1 Å². The molecule has 0 aliphatic rings. The van der Waals surface area contributed by atoms with Crippen LogP contribution >= 0.6 is 11.3 Å². The molecule has 0 radical (unpaired) electrons. The third-order valence-electron chi connectivity index (χ3n) is 2.56. The summed E-state index contributed by atoms with van der Waals surface area (Å²) >= 11 is 1.71. The molecule has 0 saturated carbocycles. The van der Waals surface area contributed by atoms with Crippen LogP contribution in [0.25, 0.3) is 10.2 Å². The number of aliphatic hydroxyl groups is 1. The molecular weight excluding hydrogens is 194 g/mol. The lowest BCUT2D eigenvalue weighted by Gasteiger charge is -2.06. The third-order valence-corrected chi connectivity index (χ3v) is 3.50. The van der Waals surface area contributed by atoms with Crippen LogP contribution in [0.4, 0.5) is 0 Å². The van der Waals surface area contributed by atoms with Gasteiger partial charge in [-0.25, -0.2) is 4.98 Å². The van der Waals surface area contributed by atoms with Gasteiger partial charge in [0.2, 0.25) is 0 Å². The smallest absolute Gasteiger partial charge is 0.124 e. The van der Waals surface area contributed by atoms with Gasteiger partial charge in [0.05, 0.1) is 6.61 Å². The van der Waals surface area contributed by atoms with Crippen molar-refractivity contribution in [1.82, 2.24) is 4.98 Å². The van der Waals surface area contributed by atoms with Crippen molar-refractivity contribution in [3.05, 3.63) is 27.8 Å². The van der Waals surface area contributed by atoms with Crippen molar-refractivity contribution in [2.45, 2.75) is 27.4 Å². The molecule has 0 fully saturated rings. The van der Waals surface area contributed by atoms with E-state index in [1.54, 1.807) is 11.3 Å². The number of fused-ring (bicyclic) bond motifs is 1. The molecule has 2 nitrogen and oxygen atoms in total. The zero-order valence-electron chi connectivity index (χ0n) is 8.59. The third kappa shape index (κ3) is 1.33. The van der Waals surface area contributed by atoms with Crippen LogP contribution in [0.3, 0.4) is 0 Å². The minimum absolute atomic E-state index is 0.0789. The molecule has 1 N–H and O–H groups in total. The van der Waals surface area contributed by atoms with E-state index in [1.807, 2.05) is 6.92 Å². The van der Waals surface area contributed by atoms with E-state index in [9.17, 15) is 5.11 Å². The Bertz CT molecular complexity index is 487. The van der Waals surface area contributed by atoms with E-state index in [0.29, 0.717) is 0 Å². The number of pyridine rings is 1. The van der Waals surface area contributed by atoms with Gasteiger partial charge in [0.15, 0.2) is 0 Å². The monoisotopic (exact) mass is 207 g/mol. The second-order valence-electron chi connectivity index (χ2n) is 3.53. The molecule has 0 aliphatic heterocycles. The van der Waals surface area contributed by atoms with Crippen LogP contribution in [0.2, 0.25) is 0 Å². The summed E-state index contributed by atoms with van der Waals surface area (Å²) in [5.41, 5.74) is 3.08. The van der Waals surface area contributed by atoms with Gasteiger partial charge in [-0.2, -0.15) is 0 Å². The number of thiophene rings is 1. The number of hydrogen-bond donors (Lipinski definition) is 1. The molecule has 2 aromatic heterocycles. The number of aromatic nitrogens is 1. The Hall–Kier alpha value is -0.930. The molecule has 14 heavy (non-hydrogen) atoms.